The van der Waals surface area contributed by atoms with Crippen molar-refractivity contribution in [2.24, 2.45) is 0 Å². The second-order valence-corrected chi connectivity index (χ2v) is 9.33. The molecular formula is C24H28BrClN2O3. The Bertz CT molecular complexity index is 914. The molecule has 2 aromatic carbocycles. The Labute approximate surface area is 197 Å². The third-order valence-corrected chi connectivity index (χ3v) is 6.44. The van der Waals surface area contributed by atoms with Gasteiger partial charge in [-0.05, 0) is 66.4 Å². The summed E-state index contributed by atoms with van der Waals surface area (Å²) in [6.07, 6.45) is 4.26. The molecule has 2 amide bonds. The molecule has 0 aromatic heterocycles. The second-order valence-electron chi connectivity index (χ2n) is 8.04. The van der Waals surface area contributed by atoms with Crippen molar-refractivity contribution in [3.8, 4) is 5.75 Å². The minimum atomic E-state index is -0.605. The molecule has 7 heteroatoms. The Morgan fingerprint density at radius 1 is 1.19 bits per heavy atom. The van der Waals surface area contributed by atoms with Gasteiger partial charge in [0.25, 0.3) is 5.91 Å². The zero-order chi connectivity index (χ0) is 22.4. The van der Waals surface area contributed by atoms with E-state index in [2.05, 4.69) is 21.2 Å². The predicted octanol–water partition coefficient (Wildman–Crippen LogP) is 5.27. The van der Waals surface area contributed by atoms with Crippen molar-refractivity contribution < 1.29 is 14.3 Å². The molecule has 1 unspecified atom stereocenters. The molecule has 0 saturated heterocycles. The normalized spacial score (nSPS) is 14.8. The van der Waals surface area contributed by atoms with Gasteiger partial charge >= 0.3 is 0 Å². The van der Waals surface area contributed by atoms with Gasteiger partial charge in [0.2, 0.25) is 5.91 Å². The van der Waals surface area contributed by atoms with Crippen LogP contribution in [-0.4, -0.2) is 35.4 Å². The predicted molar refractivity (Wildman–Crippen MR) is 126 cm³/mol. The average molecular weight is 508 g/mol. The van der Waals surface area contributed by atoms with Gasteiger partial charge in [-0.2, -0.15) is 0 Å². The van der Waals surface area contributed by atoms with Gasteiger partial charge < -0.3 is 15.0 Å². The van der Waals surface area contributed by atoms with Crippen molar-refractivity contribution in [1.82, 2.24) is 10.2 Å². The molecule has 0 radical (unpaired) electrons. The van der Waals surface area contributed by atoms with E-state index in [-0.39, 0.29) is 24.5 Å². The maximum absolute atomic E-state index is 13.1. The van der Waals surface area contributed by atoms with Crippen molar-refractivity contribution in [2.45, 2.75) is 58.2 Å². The molecule has 3 rings (SSSR count). The molecule has 1 atom stereocenters. The van der Waals surface area contributed by atoms with Crippen LogP contribution in [0.25, 0.3) is 0 Å². The van der Waals surface area contributed by atoms with Crippen molar-refractivity contribution in [3.63, 3.8) is 0 Å². The smallest absolute Gasteiger partial charge is 0.261 e. The number of hydrogen-bond donors (Lipinski definition) is 1. The molecule has 0 aliphatic heterocycles. The minimum Gasteiger partial charge on any atom is -0.483 e. The zero-order valence-corrected chi connectivity index (χ0v) is 20.2. The van der Waals surface area contributed by atoms with E-state index in [1.807, 2.05) is 31.2 Å². The molecule has 166 valence electrons. The highest BCUT2D eigenvalue weighted by atomic mass is 79.9. The third-order valence-electron chi connectivity index (χ3n) is 5.59. The molecule has 1 fully saturated rings. The van der Waals surface area contributed by atoms with E-state index in [1.54, 1.807) is 30.0 Å². The van der Waals surface area contributed by atoms with Crippen LogP contribution in [0.15, 0.2) is 46.9 Å². The van der Waals surface area contributed by atoms with E-state index in [0.717, 1.165) is 36.8 Å². The highest BCUT2D eigenvalue weighted by Crippen LogP contribution is 2.28. The number of nitrogens with one attached hydrogen (secondary N) is 1. The number of halogens is 2. The first-order valence-corrected chi connectivity index (χ1v) is 11.7. The summed E-state index contributed by atoms with van der Waals surface area (Å²) in [6.45, 7) is 3.95. The maximum atomic E-state index is 13.1. The van der Waals surface area contributed by atoms with Gasteiger partial charge in [0.15, 0.2) is 6.61 Å². The minimum absolute atomic E-state index is 0.125. The van der Waals surface area contributed by atoms with E-state index in [1.165, 1.54) is 0 Å². The maximum Gasteiger partial charge on any atom is 0.261 e. The lowest BCUT2D eigenvalue weighted by molar-refractivity contribution is -0.142. The van der Waals surface area contributed by atoms with Crippen LogP contribution in [0.4, 0.5) is 0 Å². The molecule has 0 spiro atoms. The molecule has 31 heavy (non-hydrogen) atoms. The summed E-state index contributed by atoms with van der Waals surface area (Å²) in [6, 6.07) is 12.7. The van der Waals surface area contributed by atoms with Crippen LogP contribution in [-0.2, 0) is 16.1 Å². The molecule has 2 aromatic rings. The van der Waals surface area contributed by atoms with Gasteiger partial charge in [-0.25, -0.2) is 0 Å². The Balaban J connectivity index is 1.72. The van der Waals surface area contributed by atoms with Gasteiger partial charge in [-0.3, -0.25) is 9.59 Å². The number of carbonyl (C=O) groups is 2. The summed E-state index contributed by atoms with van der Waals surface area (Å²) < 4.78 is 6.40. The first-order valence-electron chi connectivity index (χ1n) is 10.6. The van der Waals surface area contributed by atoms with Gasteiger partial charge in [0.05, 0.1) is 4.47 Å². The van der Waals surface area contributed by atoms with Crippen molar-refractivity contribution in [2.75, 3.05) is 6.61 Å². The lowest BCUT2D eigenvalue weighted by atomic mass is 10.1. The summed E-state index contributed by atoms with van der Waals surface area (Å²) in [5, 5.41) is 3.68. The Hall–Kier alpha value is -2.05. The SMILES string of the molecule is Cc1ccc(CN(C(=O)COc2ccc(Cl)cc2Br)C(C)C(=O)NC2CCCC2)cc1. The summed E-state index contributed by atoms with van der Waals surface area (Å²) in [7, 11) is 0. The van der Waals surface area contributed by atoms with Gasteiger partial charge in [-0.1, -0.05) is 54.3 Å². The van der Waals surface area contributed by atoms with Crippen molar-refractivity contribution in [3.05, 3.63) is 63.1 Å². The average Bonchev–Trinajstić information content (AvgIpc) is 3.25. The van der Waals surface area contributed by atoms with Gasteiger partial charge in [-0.15, -0.1) is 0 Å². The molecule has 0 bridgehead atoms. The monoisotopic (exact) mass is 506 g/mol. The first-order chi connectivity index (χ1) is 14.8. The van der Waals surface area contributed by atoms with E-state index in [4.69, 9.17) is 16.3 Å². The van der Waals surface area contributed by atoms with Crippen molar-refractivity contribution in [1.29, 1.82) is 0 Å². The van der Waals surface area contributed by atoms with Gasteiger partial charge in [0.1, 0.15) is 11.8 Å². The number of nitrogens with zero attached hydrogens (tertiary/aromatic N) is 1. The fraction of sp³-hybridized carbons (Fsp3) is 0.417. The number of carbonyl (C=O) groups excluding carboxylic acids is 2. The third kappa shape index (κ3) is 6.71. The fourth-order valence-corrected chi connectivity index (χ4v) is 4.48. The Morgan fingerprint density at radius 3 is 2.52 bits per heavy atom. The lowest BCUT2D eigenvalue weighted by Crippen LogP contribution is -2.50. The molecule has 1 aliphatic carbocycles. The van der Waals surface area contributed by atoms with Crippen molar-refractivity contribution >= 4 is 39.3 Å². The first kappa shape index (κ1) is 23.6. The van der Waals surface area contributed by atoms with Crippen LogP contribution >= 0.6 is 27.5 Å². The molecular weight excluding hydrogens is 480 g/mol. The number of benzene rings is 2. The summed E-state index contributed by atoms with van der Waals surface area (Å²) in [4.78, 5) is 27.6. The molecule has 1 aliphatic rings. The Morgan fingerprint density at radius 2 is 1.87 bits per heavy atom. The standard InChI is InChI=1S/C24H28BrClN2O3/c1-16-7-9-18(10-8-16)14-28(17(2)24(30)27-20-5-3-4-6-20)23(29)15-31-22-12-11-19(26)13-21(22)25/h7-13,17,20H,3-6,14-15H2,1-2H3,(H,27,30). The molecule has 1 saturated carbocycles. The van der Waals surface area contributed by atoms with Crippen LogP contribution in [0.2, 0.25) is 5.02 Å². The highest BCUT2D eigenvalue weighted by molar-refractivity contribution is 9.10. The van der Waals surface area contributed by atoms with Crippen LogP contribution in [0, 0.1) is 6.92 Å². The molecule has 1 N–H and O–H groups in total. The zero-order valence-electron chi connectivity index (χ0n) is 17.9. The van der Waals surface area contributed by atoms with E-state index in [0.29, 0.717) is 21.8 Å². The van der Waals surface area contributed by atoms with Crippen LogP contribution in [0.1, 0.15) is 43.7 Å². The number of hydrogen-bond acceptors (Lipinski definition) is 3. The van der Waals surface area contributed by atoms with Crippen LogP contribution in [0.3, 0.4) is 0 Å². The summed E-state index contributed by atoms with van der Waals surface area (Å²) >= 11 is 9.37. The number of aryl methyl sites for hydroxylation is 1. The number of rotatable bonds is 8. The molecule has 5 nitrogen and oxygen atoms in total. The molecule has 0 heterocycles. The largest absolute Gasteiger partial charge is 0.483 e. The topological polar surface area (TPSA) is 58.6 Å². The lowest BCUT2D eigenvalue weighted by Gasteiger charge is -2.29. The Kier molecular flexibility index (Phi) is 8.38. The fourth-order valence-electron chi connectivity index (χ4n) is 3.68. The van der Waals surface area contributed by atoms with E-state index < -0.39 is 6.04 Å². The van der Waals surface area contributed by atoms with Gasteiger partial charge in [0, 0.05) is 17.6 Å². The number of amides is 2. The van der Waals surface area contributed by atoms with Crippen LogP contribution < -0.4 is 10.1 Å². The summed E-state index contributed by atoms with van der Waals surface area (Å²) in [5.41, 5.74) is 2.11. The van der Waals surface area contributed by atoms with Crippen LogP contribution in [0.5, 0.6) is 5.75 Å². The van der Waals surface area contributed by atoms with E-state index >= 15 is 0 Å². The highest BCUT2D eigenvalue weighted by Gasteiger charge is 2.28. The number of ether oxygens (including phenoxy) is 1. The van der Waals surface area contributed by atoms with E-state index in [9.17, 15) is 9.59 Å². The summed E-state index contributed by atoms with van der Waals surface area (Å²) in [5.74, 6) is 0.146. The quantitative estimate of drug-likeness (QED) is 0.530. The second kappa shape index (κ2) is 11.0.